The quantitative estimate of drug-likeness (QED) is 0.739. The average Bonchev–Trinajstić information content (AvgIpc) is 2.27. The molecule has 1 unspecified atom stereocenters. The normalized spacial score (nSPS) is 11.9. The summed E-state index contributed by atoms with van der Waals surface area (Å²) >= 11 is 0. The number of nitrogens with two attached hydrogens (primary N) is 1. The van der Waals surface area contributed by atoms with E-state index in [2.05, 4.69) is 4.98 Å². The van der Waals surface area contributed by atoms with E-state index in [1.165, 1.54) is 4.90 Å². The van der Waals surface area contributed by atoms with Gasteiger partial charge in [-0.25, -0.2) is 0 Å². The lowest BCUT2D eigenvalue weighted by Gasteiger charge is -2.20. The molecular formula is C10H13N3O3. The fourth-order valence-electron chi connectivity index (χ4n) is 1.22. The van der Waals surface area contributed by atoms with Crippen LogP contribution in [0.4, 0.5) is 5.69 Å². The van der Waals surface area contributed by atoms with Gasteiger partial charge >= 0.3 is 5.97 Å². The number of pyridine rings is 1. The standard InChI is InChI=1S/C10H13N3O3/c1-13(7-2-4-12-5-3-7)10(16)8(11)6-9(14)15/h2-5,8H,6,11H2,1H3,(H,14,15). The molecule has 86 valence electrons. The van der Waals surface area contributed by atoms with Gasteiger partial charge in [0.2, 0.25) is 5.91 Å². The van der Waals surface area contributed by atoms with Crippen molar-refractivity contribution in [2.75, 3.05) is 11.9 Å². The van der Waals surface area contributed by atoms with Gasteiger partial charge in [0.1, 0.15) is 0 Å². The number of carbonyl (C=O) groups excluding carboxylic acids is 1. The highest BCUT2D eigenvalue weighted by atomic mass is 16.4. The number of carbonyl (C=O) groups is 2. The fourth-order valence-corrected chi connectivity index (χ4v) is 1.22. The van der Waals surface area contributed by atoms with Gasteiger partial charge in [-0.3, -0.25) is 14.6 Å². The number of hydrogen-bond acceptors (Lipinski definition) is 4. The predicted molar refractivity (Wildman–Crippen MR) is 57.9 cm³/mol. The van der Waals surface area contributed by atoms with E-state index in [1.807, 2.05) is 0 Å². The molecule has 6 heteroatoms. The second-order valence-electron chi connectivity index (χ2n) is 3.31. The van der Waals surface area contributed by atoms with Gasteiger partial charge in [0.15, 0.2) is 0 Å². The Labute approximate surface area is 92.7 Å². The van der Waals surface area contributed by atoms with E-state index in [0.29, 0.717) is 5.69 Å². The molecule has 0 saturated carbocycles. The second-order valence-corrected chi connectivity index (χ2v) is 3.31. The Bertz CT molecular complexity index is 380. The molecule has 1 aromatic rings. The zero-order valence-corrected chi connectivity index (χ0v) is 8.83. The molecule has 6 nitrogen and oxygen atoms in total. The Hall–Kier alpha value is -1.95. The van der Waals surface area contributed by atoms with Gasteiger partial charge < -0.3 is 15.7 Å². The zero-order chi connectivity index (χ0) is 12.1. The molecule has 1 amide bonds. The largest absolute Gasteiger partial charge is 0.481 e. The molecule has 1 rings (SSSR count). The van der Waals surface area contributed by atoms with Gasteiger partial charge in [-0.05, 0) is 12.1 Å². The van der Waals surface area contributed by atoms with Crippen LogP contribution in [0.25, 0.3) is 0 Å². The lowest BCUT2D eigenvalue weighted by atomic mass is 10.2. The van der Waals surface area contributed by atoms with Gasteiger partial charge in [-0.1, -0.05) is 0 Å². The molecule has 1 aromatic heterocycles. The van der Waals surface area contributed by atoms with Crippen molar-refractivity contribution in [3.8, 4) is 0 Å². The molecule has 0 aliphatic carbocycles. The number of carboxylic acid groups (broad SMARTS) is 1. The van der Waals surface area contributed by atoms with Gasteiger partial charge in [-0.15, -0.1) is 0 Å². The fraction of sp³-hybridized carbons (Fsp3) is 0.300. The summed E-state index contributed by atoms with van der Waals surface area (Å²) in [6.07, 6.45) is 2.71. The minimum atomic E-state index is -1.09. The Kier molecular flexibility index (Phi) is 3.96. The molecule has 16 heavy (non-hydrogen) atoms. The summed E-state index contributed by atoms with van der Waals surface area (Å²) in [5, 5.41) is 8.52. The Balaban J connectivity index is 2.71. The lowest BCUT2D eigenvalue weighted by molar-refractivity contribution is -0.139. The van der Waals surface area contributed by atoms with Crippen molar-refractivity contribution in [2.45, 2.75) is 12.5 Å². The molecule has 0 aromatic carbocycles. The van der Waals surface area contributed by atoms with Crippen molar-refractivity contribution in [3.63, 3.8) is 0 Å². The zero-order valence-electron chi connectivity index (χ0n) is 8.83. The van der Waals surface area contributed by atoms with E-state index >= 15 is 0 Å². The number of hydrogen-bond donors (Lipinski definition) is 2. The van der Waals surface area contributed by atoms with E-state index in [0.717, 1.165) is 0 Å². The van der Waals surface area contributed by atoms with Crippen LogP contribution >= 0.6 is 0 Å². The molecule has 0 bridgehead atoms. The summed E-state index contributed by atoms with van der Waals surface area (Å²) in [5.41, 5.74) is 6.09. The monoisotopic (exact) mass is 223 g/mol. The van der Waals surface area contributed by atoms with Crippen LogP contribution in [0.2, 0.25) is 0 Å². The maximum atomic E-state index is 11.7. The van der Waals surface area contributed by atoms with E-state index in [1.54, 1.807) is 31.6 Å². The van der Waals surface area contributed by atoms with Crippen molar-refractivity contribution in [1.29, 1.82) is 0 Å². The summed E-state index contributed by atoms with van der Waals surface area (Å²) in [6, 6.07) is 2.26. The van der Waals surface area contributed by atoms with Crippen LogP contribution in [-0.2, 0) is 9.59 Å². The van der Waals surface area contributed by atoms with Crippen LogP contribution in [0.3, 0.4) is 0 Å². The van der Waals surface area contributed by atoms with Crippen LogP contribution in [0, 0.1) is 0 Å². The summed E-state index contributed by atoms with van der Waals surface area (Å²) in [6.45, 7) is 0. The Morgan fingerprint density at radius 1 is 1.50 bits per heavy atom. The number of likely N-dealkylation sites (N-methyl/N-ethyl adjacent to an activating group) is 1. The van der Waals surface area contributed by atoms with Crippen LogP contribution in [0.15, 0.2) is 24.5 Å². The molecule has 0 fully saturated rings. The van der Waals surface area contributed by atoms with E-state index < -0.39 is 17.9 Å². The Morgan fingerprint density at radius 3 is 2.56 bits per heavy atom. The molecule has 0 radical (unpaired) electrons. The first-order valence-electron chi connectivity index (χ1n) is 4.67. The lowest BCUT2D eigenvalue weighted by Crippen LogP contribution is -2.43. The van der Waals surface area contributed by atoms with E-state index in [4.69, 9.17) is 10.8 Å². The highest BCUT2D eigenvalue weighted by molar-refractivity contribution is 5.98. The third kappa shape index (κ3) is 3.03. The van der Waals surface area contributed by atoms with Gasteiger partial charge in [0, 0.05) is 25.1 Å². The molecule has 0 spiro atoms. The molecule has 3 N–H and O–H groups in total. The number of anilines is 1. The van der Waals surface area contributed by atoms with E-state index in [9.17, 15) is 9.59 Å². The van der Waals surface area contributed by atoms with Crippen LogP contribution in [0.5, 0.6) is 0 Å². The van der Waals surface area contributed by atoms with Gasteiger partial charge in [0.05, 0.1) is 12.5 Å². The smallest absolute Gasteiger partial charge is 0.305 e. The minimum Gasteiger partial charge on any atom is -0.481 e. The average molecular weight is 223 g/mol. The van der Waals surface area contributed by atoms with E-state index in [-0.39, 0.29) is 6.42 Å². The summed E-state index contributed by atoms with van der Waals surface area (Å²) < 4.78 is 0. The molecule has 0 aliphatic rings. The van der Waals surface area contributed by atoms with Crippen LogP contribution < -0.4 is 10.6 Å². The van der Waals surface area contributed by atoms with Gasteiger partial charge in [0.25, 0.3) is 0 Å². The number of aromatic nitrogens is 1. The summed E-state index contributed by atoms with van der Waals surface area (Å²) in [4.78, 5) is 27.2. The Morgan fingerprint density at radius 2 is 2.06 bits per heavy atom. The highest BCUT2D eigenvalue weighted by Gasteiger charge is 2.21. The third-order valence-electron chi connectivity index (χ3n) is 2.09. The van der Waals surface area contributed by atoms with Crippen molar-refractivity contribution in [3.05, 3.63) is 24.5 Å². The summed E-state index contributed by atoms with van der Waals surface area (Å²) in [7, 11) is 1.54. The SMILES string of the molecule is CN(C(=O)C(N)CC(=O)O)c1ccncc1. The third-order valence-corrected chi connectivity index (χ3v) is 2.09. The number of rotatable bonds is 4. The number of aliphatic carboxylic acids is 1. The van der Waals surface area contributed by atoms with Crippen molar-refractivity contribution >= 4 is 17.6 Å². The van der Waals surface area contributed by atoms with Crippen molar-refractivity contribution < 1.29 is 14.7 Å². The number of nitrogens with zero attached hydrogens (tertiary/aromatic N) is 2. The van der Waals surface area contributed by atoms with Crippen LogP contribution in [-0.4, -0.2) is 35.1 Å². The molecule has 0 saturated heterocycles. The van der Waals surface area contributed by atoms with Gasteiger partial charge in [-0.2, -0.15) is 0 Å². The maximum Gasteiger partial charge on any atom is 0.305 e. The number of amides is 1. The first-order chi connectivity index (χ1) is 7.52. The predicted octanol–water partition coefficient (Wildman–Crippen LogP) is -0.154. The highest BCUT2D eigenvalue weighted by Crippen LogP contribution is 2.11. The molecule has 1 heterocycles. The minimum absolute atomic E-state index is 0.381. The summed E-state index contributed by atoms with van der Waals surface area (Å²) in [5.74, 6) is -1.53. The molecule has 0 aliphatic heterocycles. The first kappa shape index (κ1) is 12.1. The second kappa shape index (κ2) is 5.22. The van der Waals surface area contributed by atoms with Crippen molar-refractivity contribution in [2.24, 2.45) is 5.73 Å². The molecular weight excluding hydrogens is 210 g/mol. The van der Waals surface area contributed by atoms with Crippen LogP contribution in [0.1, 0.15) is 6.42 Å². The molecule has 1 atom stereocenters. The topological polar surface area (TPSA) is 96.5 Å². The first-order valence-corrected chi connectivity index (χ1v) is 4.67. The van der Waals surface area contributed by atoms with Crippen molar-refractivity contribution in [1.82, 2.24) is 4.98 Å². The number of carboxylic acids is 1. The maximum absolute atomic E-state index is 11.7.